The Labute approximate surface area is 176 Å². The second-order valence-electron chi connectivity index (χ2n) is 8.18. The maximum Gasteiger partial charge on any atom is 0.341 e. The minimum atomic E-state index is -0.905. The zero-order valence-corrected chi connectivity index (χ0v) is 18.4. The van der Waals surface area contributed by atoms with E-state index >= 15 is 0 Å². The predicted octanol–water partition coefficient (Wildman–Crippen LogP) is 4.50. The molecule has 1 aromatic heterocycles. The molecule has 2 aliphatic rings. The van der Waals surface area contributed by atoms with Crippen molar-refractivity contribution in [3.05, 3.63) is 16.0 Å². The molecule has 1 aromatic rings. The molecule has 2 unspecified atom stereocenters. The highest BCUT2D eigenvalue weighted by molar-refractivity contribution is 7.17. The Kier molecular flexibility index (Phi) is 7.33. The van der Waals surface area contributed by atoms with E-state index in [1.807, 2.05) is 0 Å². The summed E-state index contributed by atoms with van der Waals surface area (Å²) in [5, 5.41) is 3.34. The summed E-state index contributed by atoms with van der Waals surface area (Å²) in [5.41, 5.74) is 1.46. The van der Waals surface area contributed by atoms with Gasteiger partial charge in [-0.25, -0.2) is 4.79 Å². The van der Waals surface area contributed by atoms with Crippen LogP contribution in [0.4, 0.5) is 5.00 Å². The van der Waals surface area contributed by atoms with Crippen LogP contribution < -0.4 is 5.32 Å². The van der Waals surface area contributed by atoms with E-state index in [1.165, 1.54) is 11.3 Å². The van der Waals surface area contributed by atoms with Crippen molar-refractivity contribution in [2.75, 3.05) is 11.9 Å². The molecule has 0 radical (unpaired) electrons. The first-order valence-electron chi connectivity index (χ1n) is 10.7. The Morgan fingerprint density at radius 3 is 2.59 bits per heavy atom. The van der Waals surface area contributed by atoms with Gasteiger partial charge in [0.05, 0.1) is 18.1 Å². The Hall–Kier alpha value is -1.89. The lowest BCUT2D eigenvalue weighted by atomic mass is 9.88. The van der Waals surface area contributed by atoms with E-state index in [2.05, 4.69) is 12.2 Å². The molecule has 6 nitrogen and oxygen atoms in total. The molecule has 7 heteroatoms. The Balaban J connectivity index is 1.71. The lowest BCUT2D eigenvalue weighted by Gasteiger charge is -2.22. The summed E-state index contributed by atoms with van der Waals surface area (Å²) in [6.45, 7) is 5.82. The molecule has 1 heterocycles. The van der Waals surface area contributed by atoms with Crippen LogP contribution in [-0.4, -0.2) is 30.6 Å². The third-order valence-electron chi connectivity index (χ3n) is 5.83. The maximum absolute atomic E-state index is 12.7. The first-order valence-corrected chi connectivity index (χ1v) is 11.5. The zero-order valence-electron chi connectivity index (χ0n) is 17.5. The van der Waals surface area contributed by atoms with Crippen LogP contribution in [0.5, 0.6) is 0 Å². The number of carbonyl (C=O) groups is 3. The molecule has 1 saturated carbocycles. The molecule has 2 atom stereocenters. The zero-order chi connectivity index (χ0) is 21.0. The van der Waals surface area contributed by atoms with E-state index in [1.54, 1.807) is 13.8 Å². The van der Waals surface area contributed by atoms with Gasteiger partial charge in [-0.1, -0.05) is 26.2 Å². The third-order valence-corrected chi connectivity index (χ3v) is 7.00. The molecule has 1 amide bonds. The number of amides is 1. The number of fused-ring (bicyclic) bond motifs is 1. The van der Waals surface area contributed by atoms with Crippen molar-refractivity contribution in [1.82, 2.24) is 0 Å². The monoisotopic (exact) mass is 421 g/mol. The third kappa shape index (κ3) is 5.18. The van der Waals surface area contributed by atoms with E-state index in [4.69, 9.17) is 9.47 Å². The van der Waals surface area contributed by atoms with Gasteiger partial charge in [0.1, 0.15) is 5.00 Å². The highest BCUT2D eigenvalue weighted by Gasteiger charge is 2.31. The normalized spacial score (nSPS) is 20.4. The molecule has 0 spiro atoms. The van der Waals surface area contributed by atoms with E-state index < -0.39 is 18.0 Å². The number of ether oxygens (including phenoxy) is 2. The molecule has 3 rings (SSSR count). The SMILES string of the molecule is CCOC(=O)c1c(NC(=O)C(C)OC(=O)C2CCCCC2)sc2c1CCC(C)C2. The van der Waals surface area contributed by atoms with Crippen LogP contribution in [0.15, 0.2) is 0 Å². The van der Waals surface area contributed by atoms with Crippen molar-refractivity contribution < 1.29 is 23.9 Å². The number of thiophene rings is 1. The van der Waals surface area contributed by atoms with Crippen molar-refractivity contribution in [2.24, 2.45) is 11.8 Å². The second-order valence-corrected chi connectivity index (χ2v) is 9.28. The van der Waals surface area contributed by atoms with Crippen LogP contribution in [0, 0.1) is 11.8 Å². The highest BCUT2D eigenvalue weighted by Crippen LogP contribution is 2.40. The number of nitrogens with one attached hydrogen (secondary N) is 1. The van der Waals surface area contributed by atoms with E-state index in [9.17, 15) is 14.4 Å². The molecular weight excluding hydrogens is 390 g/mol. The van der Waals surface area contributed by atoms with Crippen molar-refractivity contribution in [2.45, 2.75) is 78.2 Å². The Morgan fingerprint density at radius 2 is 1.90 bits per heavy atom. The highest BCUT2D eigenvalue weighted by atomic mass is 32.1. The van der Waals surface area contributed by atoms with Gasteiger partial charge < -0.3 is 14.8 Å². The largest absolute Gasteiger partial charge is 0.462 e. The maximum atomic E-state index is 12.7. The summed E-state index contributed by atoms with van der Waals surface area (Å²) in [5.74, 6) is -0.662. The average Bonchev–Trinajstić information content (AvgIpc) is 3.05. The van der Waals surface area contributed by atoms with Crippen LogP contribution in [-0.2, 0) is 31.9 Å². The summed E-state index contributed by atoms with van der Waals surface area (Å²) in [7, 11) is 0. The average molecular weight is 422 g/mol. The van der Waals surface area contributed by atoms with Crippen LogP contribution in [0.2, 0.25) is 0 Å². The Morgan fingerprint density at radius 1 is 1.17 bits per heavy atom. The van der Waals surface area contributed by atoms with Crippen LogP contribution >= 0.6 is 11.3 Å². The fourth-order valence-corrected chi connectivity index (χ4v) is 5.54. The van der Waals surface area contributed by atoms with Gasteiger partial charge >= 0.3 is 11.9 Å². The van der Waals surface area contributed by atoms with E-state index in [0.29, 0.717) is 16.5 Å². The minimum Gasteiger partial charge on any atom is -0.462 e. The molecule has 2 aliphatic carbocycles. The van der Waals surface area contributed by atoms with Gasteiger partial charge in [0, 0.05) is 4.88 Å². The second kappa shape index (κ2) is 9.74. The summed E-state index contributed by atoms with van der Waals surface area (Å²) in [6, 6.07) is 0. The lowest BCUT2D eigenvalue weighted by Crippen LogP contribution is -2.33. The summed E-state index contributed by atoms with van der Waals surface area (Å²) in [4.78, 5) is 38.8. The number of hydrogen-bond donors (Lipinski definition) is 1. The topological polar surface area (TPSA) is 81.7 Å². The van der Waals surface area contributed by atoms with E-state index in [0.717, 1.165) is 61.8 Å². The molecule has 0 bridgehead atoms. The first kappa shape index (κ1) is 21.8. The van der Waals surface area contributed by atoms with Gasteiger partial charge in [0.15, 0.2) is 6.10 Å². The number of rotatable bonds is 6. The standard InChI is InChI=1S/C22H31NO5S/c1-4-27-22(26)18-16-11-10-13(2)12-17(16)29-20(18)23-19(24)14(3)28-21(25)15-8-6-5-7-9-15/h13-15H,4-12H2,1-3H3,(H,23,24). The lowest BCUT2D eigenvalue weighted by molar-refractivity contribution is -0.158. The molecule has 0 saturated heterocycles. The molecule has 1 fully saturated rings. The molecule has 0 aliphatic heterocycles. The van der Waals surface area contributed by atoms with Gasteiger partial charge in [0.25, 0.3) is 5.91 Å². The van der Waals surface area contributed by atoms with Crippen molar-refractivity contribution in [3.8, 4) is 0 Å². The summed E-state index contributed by atoms with van der Waals surface area (Å²) < 4.78 is 10.7. The number of hydrogen-bond acceptors (Lipinski definition) is 6. The van der Waals surface area contributed by atoms with Crippen molar-refractivity contribution >= 4 is 34.2 Å². The van der Waals surface area contributed by atoms with Crippen molar-refractivity contribution in [3.63, 3.8) is 0 Å². The van der Waals surface area contributed by atoms with Gasteiger partial charge in [0.2, 0.25) is 0 Å². The van der Waals surface area contributed by atoms with Gasteiger partial charge in [-0.3, -0.25) is 9.59 Å². The smallest absolute Gasteiger partial charge is 0.341 e. The van der Waals surface area contributed by atoms with Crippen LogP contribution in [0.25, 0.3) is 0 Å². The fraction of sp³-hybridized carbons (Fsp3) is 0.682. The van der Waals surface area contributed by atoms with Crippen molar-refractivity contribution in [1.29, 1.82) is 0 Å². The summed E-state index contributed by atoms with van der Waals surface area (Å²) in [6.07, 6.45) is 6.68. The molecular formula is C22H31NO5S. The van der Waals surface area contributed by atoms with Gasteiger partial charge in [-0.15, -0.1) is 11.3 Å². The molecule has 29 heavy (non-hydrogen) atoms. The number of esters is 2. The van der Waals surface area contributed by atoms with Crippen LogP contribution in [0.1, 0.15) is 80.1 Å². The molecule has 0 aromatic carbocycles. The quantitative estimate of drug-likeness (QED) is 0.684. The predicted molar refractivity (Wildman–Crippen MR) is 112 cm³/mol. The van der Waals surface area contributed by atoms with E-state index in [-0.39, 0.29) is 18.5 Å². The first-order chi connectivity index (χ1) is 13.9. The minimum absolute atomic E-state index is 0.107. The number of anilines is 1. The molecule has 160 valence electrons. The molecule has 1 N–H and O–H groups in total. The fourth-order valence-electron chi connectivity index (χ4n) is 4.13. The van der Waals surface area contributed by atoms with Crippen LogP contribution in [0.3, 0.4) is 0 Å². The Bertz CT molecular complexity index is 765. The number of carbonyl (C=O) groups excluding carboxylic acids is 3. The summed E-state index contributed by atoms with van der Waals surface area (Å²) >= 11 is 1.44. The van der Waals surface area contributed by atoms with Gasteiger partial charge in [-0.05, 0) is 57.4 Å². The van der Waals surface area contributed by atoms with Gasteiger partial charge in [-0.2, -0.15) is 0 Å².